The number of rotatable bonds is 8. The van der Waals surface area contributed by atoms with Crippen LogP contribution in [0.5, 0.6) is 5.75 Å². The van der Waals surface area contributed by atoms with E-state index in [-0.39, 0.29) is 6.10 Å². The molecule has 0 saturated carbocycles. The van der Waals surface area contributed by atoms with Crippen LogP contribution >= 0.6 is 11.6 Å². The fourth-order valence-electron chi connectivity index (χ4n) is 4.86. The molecule has 0 amide bonds. The molecule has 1 fully saturated rings. The van der Waals surface area contributed by atoms with Crippen LogP contribution in [-0.4, -0.2) is 45.6 Å². The summed E-state index contributed by atoms with van der Waals surface area (Å²) in [6.45, 7) is 6.73. The highest BCUT2D eigenvalue weighted by atomic mass is 35.5. The third-order valence-corrected chi connectivity index (χ3v) is 7.47. The summed E-state index contributed by atoms with van der Waals surface area (Å²) in [4.78, 5) is 17.9. The van der Waals surface area contributed by atoms with Gasteiger partial charge in [0.2, 0.25) is 11.7 Å². The Morgan fingerprint density at radius 3 is 2.50 bits per heavy atom. The number of hydrogen-bond donors (Lipinski definition) is 1. The van der Waals surface area contributed by atoms with E-state index in [1.807, 2.05) is 24.3 Å². The third kappa shape index (κ3) is 5.65. The molecule has 0 radical (unpaired) electrons. The first-order valence-corrected chi connectivity index (χ1v) is 13.1. The molecule has 0 atom stereocenters. The zero-order valence-corrected chi connectivity index (χ0v) is 22.2. The van der Waals surface area contributed by atoms with Gasteiger partial charge in [0, 0.05) is 24.2 Å². The Morgan fingerprint density at radius 2 is 1.76 bits per heavy atom. The smallest absolute Gasteiger partial charge is 0.241 e. The van der Waals surface area contributed by atoms with E-state index in [4.69, 9.17) is 20.9 Å². The number of aromatic nitrogens is 2. The van der Waals surface area contributed by atoms with Gasteiger partial charge in [-0.2, -0.15) is 4.98 Å². The number of carbonyl (C=O) groups excluding carboxylic acids is 1. The van der Waals surface area contributed by atoms with Gasteiger partial charge in [-0.1, -0.05) is 53.2 Å². The molecule has 4 aromatic rings. The highest BCUT2D eigenvalue weighted by Crippen LogP contribution is 2.34. The van der Waals surface area contributed by atoms with Crippen molar-refractivity contribution in [3.05, 3.63) is 87.8 Å². The minimum atomic E-state index is -0.212. The van der Waals surface area contributed by atoms with Gasteiger partial charge >= 0.3 is 0 Å². The fraction of sp³-hybridized carbons (Fsp3) is 0.300. The van der Waals surface area contributed by atoms with Crippen LogP contribution in [-0.2, 0) is 13.2 Å². The van der Waals surface area contributed by atoms with Crippen LogP contribution < -0.4 is 4.74 Å². The lowest BCUT2D eigenvalue weighted by Crippen LogP contribution is -2.35. The third-order valence-electron chi connectivity index (χ3n) is 7.17. The lowest BCUT2D eigenvalue weighted by molar-refractivity contribution is 0.0740. The Bertz CT molecular complexity index is 1440. The highest BCUT2D eigenvalue weighted by Gasteiger charge is 2.21. The molecule has 1 aliphatic heterocycles. The Morgan fingerprint density at radius 1 is 1.05 bits per heavy atom. The minimum Gasteiger partial charge on any atom is -0.487 e. The number of aldehydes is 1. The van der Waals surface area contributed by atoms with Crippen LogP contribution in [0.2, 0.25) is 5.02 Å². The van der Waals surface area contributed by atoms with Crippen molar-refractivity contribution in [3.63, 3.8) is 0 Å². The van der Waals surface area contributed by atoms with E-state index < -0.39 is 0 Å². The molecular weight excluding hydrogens is 502 g/mol. The van der Waals surface area contributed by atoms with E-state index >= 15 is 0 Å². The molecule has 196 valence electrons. The van der Waals surface area contributed by atoms with E-state index in [9.17, 15) is 9.90 Å². The number of benzene rings is 3. The van der Waals surface area contributed by atoms with Crippen molar-refractivity contribution >= 4 is 17.9 Å². The number of piperidine rings is 1. The van der Waals surface area contributed by atoms with E-state index in [0.29, 0.717) is 41.2 Å². The topological polar surface area (TPSA) is 88.7 Å². The normalized spacial score (nSPS) is 14.5. The van der Waals surface area contributed by atoms with E-state index in [1.165, 1.54) is 0 Å². The Kier molecular flexibility index (Phi) is 7.88. The molecule has 38 heavy (non-hydrogen) atoms. The number of likely N-dealkylation sites (tertiary alicyclic amines) is 1. The van der Waals surface area contributed by atoms with Gasteiger partial charge in [-0.3, -0.25) is 9.69 Å². The Hall–Kier alpha value is -3.52. The molecule has 1 aromatic heterocycles. The number of ether oxygens (including phenoxy) is 1. The van der Waals surface area contributed by atoms with Crippen molar-refractivity contribution in [1.29, 1.82) is 0 Å². The van der Waals surface area contributed by atoms with E-state index in [0.717, 1.165) is 65.6 Å². The molecule has 0 bridgehead atoms. The monoisotopic (exact) mass is 531 g/mol. The van der Waals surface area contributed by atoms with Gasteiger partial charge in [0.15, 0.2) is 0 Å². The number of hydrogen-bond acceptors (Lipinski definition) is 7. The van der Waals surface area contributed by atoms with E-state index in [1.54, 1.807) is 18.2 Å². The second kappa shape index (κ2) is 11.5. The second-order valence-electron chi connectivity index (χ2n) is 9.68. The molecule has 5 rings (SSSR count). The van der Waals surface area contributed by atoms with Crippen LogP contribution in [0, 0.1) is 13.8 Å². The molecule has 1 saturated heterocycles. The van der Waals surface area contributed by atoms with Crippen LogP contribution in [0.1, 0.15) is 45.8 Å². The summed E-state index contributed by atoms with van der Waals surface area (Å²) in [6.07, 6.45) is 2.09. The summed E-state index contributed by atoms with van der Waals surface area (Å²) >= 11 is 6.28. The Labute approximate surface area is 227 Å². The summed E-state index contributed by atoms with van der Waals surface area (Å²) in [6, 6.07) is 17.3. The largest absolute Gasteiger partial charge is 0.487 e. The predicted molar refractivity (Wildman–Crippen MR) is 146 cm³/mol. The standard InChI is InChI=1S/C30H30ClN3O4/c1-19-22(18-37-28-10-9-21(17-35)15-27(28)31)5-3-6-24(19)25-7-4-8-26(20(25)2)30-32-29(38-33-30)16-34-13-11-23(36)12-14-34/h3-10,15,17,23,36H,11-14,16,18H2,1-2H3. The van der Waals surface area contributed by atoms with Crippen LogP contribution in [0.15, 0.2) is 59.1 Å². The number of aliphatic hydroxyl groups excluding tert-OH is 1. The number of halogens is 1. The summed E-state index contributed by atoms with van der Waals surface area (Å²) in [5, 5.41) is 14.4. The average Bonchev–Trinajstić information content (AvgIpc) is 3.38. The van der Waals surface area contributed by atoms with Gasteiger partial charge in [0.05, 0.1) is 17.7 Å². The van der Waals surface area contributed by atoms with Crippen molar-refractivity contribution in [2.75, 3.05) is 13.1 Å². The quantitative estimate of drug-likeness (QED) is 0.278. The van der Waals surface area contributed by atoms with Crippen molar-refractivity contribution in [1.82, 2.24) is 15.0 Å². The maximum Gasteiger partial charge on any atom is 0.241 e. The number of nitrogens with zero attached hydrogens (tertiary/aromatic N) is 3. The fourth-order valence-corrected chi connectivity index (χ4v) is 5.10. The molecule has 1 N–H and O–H groups in total. The van der Waals surface area contributed by atoms with Gasteiger partial charge in [-0.25, -0.2) is 0 Å². The maximum absolute atomic E-state index is 11.0. The molecule has 2 heterocycles. The molecule has 0 aliphatic carbocycles. The number of carbonyl (C=O) groups is 1. The van der Waals surface area contributed by atoms with Gasteiger partial charge in [-0.15, -0.1) is 0 Å². The summed E-state index contributed by atoms with van der Waals surface area (Å²) in [5.74, 6) is 1.69. The molecule has 0 unspecified atom stereocenters. The van der Waals surface area contributed by atoms with Crippen LogP contribution in [0.25, 0.3) is 22.5 Å². The molecular formula is C30H30ClN3O4. The maximum atomic E-state index is 11.0. The lowest BCUT2D eigenvalue weighted by Gasteiger charge is -2.27. The Balaban J connectivity index is 1.35. The van der Waals surface area contributed by atoms with Crippen molar-refractivity contribution in [2.24, 2.45) is 0 Å². The van der Waals surface area contributed by atoms with Crippen LogP contribution in [0.4, 0.5) is 0 Å². The summed E-state index contributed by atoms with van der Waals surface area (Å²) < 4.78 is 11.6. The highest BCUT2D eigenvalue weighted by molar-refractivity contribution is 6.32. The molecule has 1 aliphatic rings. The first-order chi connectivity index (χ1) is 18.4. The zero-order valence-electron chi connectivity index (χ0n) is 21.5. The molecule has 8 heteroatoms. The van der Waals surface area contributed by atoms with Crippen molar-refractivity contribution in [2.45, 2.75) is 45.9 Å². The zero-order chi connectivity index (χ0) is 26.6. The molecule has 3 aromatic carbocycles. The summed E-state index contributed by atoms with van der Waals surface area (Å²) in [7, 11) is 0. The second-order valence-corrected chi connectivity index (χ2v) is 10.1. The average molecular weight is 532 g/mol. The minimum absolute atomic E-state index is 0.212. The van der Waals surface area contributed by atoms with Gasteiger partial charge in [0.1, 0.15) is 18.6 Å². The van der Waals surface area contributed by atoms with Crippen molar-refractivity contribution < 1.29 is 19.2 Å². The predicted octanol–water partition coefficient (Wildman–Crippen LogP) is 6.02. The van der Waals surface area contributed by atoms with Crippen molar-refractivity contribution in [3.8, 4) is 28.3 Å². The van der Waals surface area contributed by atoms with Gasteiger partial charge in [0.25, 0.3) is 0 Å². The number of aliphatic hydroxyl groups is 1. The lowest BCUT2D eigenvalue weighted by atomic mass is 9.91. The summed E-state index contributed by atoms with van der Waals surface area (Å²) in [5.41, 5.74) is 6.83. The van der Waals surface area contributed by atoms with Gasteiger partial charge in [-0.05, 0) is 72.7 Å². The first kappa shape index (κ1) is 26.1. The van der Waals surface area contributed by atoms with E-state index in [2.05, 4.69) is 41.0 Å². The molecule has 7 nitrogen and oxygen atoms in total. The SMILES string of the molecule is Cc1c(COc2ccc(C=O)cc2Cl)cccc1-c1cccc(-c2noc(CN3CCC(O)CC3)n2)c1C. The molecule has 0 spiro atoms. The van der Waals surface area contributed by atoms with Gasteiger partial charge < -0.3 is 14.4 Å². The van der Waals surface area contributed by atoms with Crippen LogP contribution in [0.3, 0.4) is 0 Å². The first-order valence-electron chi connectivity index (χ1n) is 12.7.